The monoisotopic (exact) mass is 239 g/mol. The van der Waals surface area contributed by atoms with Gasteiger partial charge in [0.15, 0.2) is 0 Å². The van der Waals surface area contributed by atoms with E-state index < -0.39 is 11.6 Å². The molecule has 0 saturated carbocycles. The van der Waals surface area contributed by atoms with Crippen molar-refractivity contribution in [2.75, 3.05) is 7.05 Å². The Bertz CT molecular complexity index is 473. The summed E-state index contributed by atoms with van der Waals surface area (Å²) in [5.41, 5.74) is 0.0647. The molecule has 0 unspecified atom stereocenters. The number of halogens is 2. The van der Waals surface area contributed by atoms with Gasteiger partial charge in [0.05, 0.1) is 5.56 Å². The molecule has 0 fully saturated rings. The highest BCUT2D eigenvalue weighted by Crippen LogP contribution is 2.32. The zero-order valence-electron chi connectivity index (χ0n) is 8.76. The van der Waals surface area contributed by atoms with E-state index in [2.05, 4.69) is 5.32 Å². The van der Waals surface area contributed by atoms with E-state index in [0.29, 0.717) is 11.4 Å². The van der Waals surface area contributed by atoms with Crippen LogP contribution in [0.4, 0.5) is 8.78 Å². The van der Waals surface area contributed by atoms with E-state index in [4.69, 9.17) is 0 Å². The summed E-state index contributed by atoms with van der Waals surface area (Å²) in [5, 5.41) is 3.00. The number of thiophene rings is 1. The minimum Gasteiger partial charge on any atom is -0.315 e. The number of benzene rings is 1. The van der Waals surface area contributed by atoms with Crippen LogP contribution in [0.15, 0.2) is 30.3 Å². The molecule has 4 heteroatoms. The number of hydrogen-bond donors (Lipinski definition) is 1. The van der Waals surface area contributed by atoms with Crippen LogP contribution in [0, 0.1) is 11.6 Å². The van der Waals surface area contributed by atoms with E-state index in [0.717, 1.165) is 4.88 Å². The lowest BCUT2D eigenvalue weighted by Crippen LogP contribution is -2.02. The predicted molar refractivity (Wildman–Crippen MR) is 62.4 cm³/mol. The van der Waals surface area contributed by atoms with E-state index in [1.54, 1.807) is 6.07 Å². The van der Waals surface area contributed by atoms with Crippen LogP contribution in [0.1, 0.15) is 4.88 Å². The van der Waals surface area contributed by atoms with Gasteiger partial charge in [0.25, 0.3) is 0 Å². The average molecular weight is 239 g/mol. The van der Waals surface area contributed by atoms with E-state index in [-0.39, 0.29) is 5.56 Å². The minimum atomic E-state index is -0.516. The summed E-state index contributed by atoms with van der Waals surface area (Å²) < 4.78 is 27.0. The van der Waals surface area contributed by atoms with Crippen LogP contribution in [0.3, 0.4) is 0 Å². The van der Waals surface area contributed by atoms with Crippen LogP contribution in [-0.4, -0.2) is 7.05 Å². The molecule has 1 nitrogen and oxygen atoms in total. The van der Waals surface area contributed by atoms with Crippen molar-refractivity contribution in [3.05, 3.63) is 46.8 Å². The second kappa shape index (κ2) is 4.72. The maximum Gasteiger partial charge on any atom is 0.134 e. The van der Waals surface area contributed by atoms with Gasteiger partial charge in [0, 0.05) is 16.3 Å². The van der Waals surface area contributed by atoms with Crippen LogP contribution < -0.4 is 5.32 Å². The van der Waals surface area contributed by atoms with Crippen LogP contribution >= 0.6 is 11.3 Å². The first-order chi connectivity index (χ1) is 7.72. The van der Waals surface area contributed by atoms with Crippen LogP contribution in [0.5, 0.6) is 0 Å². The minimum absolute atomic E-state index is 0.0647. The van der Waals surface area contributed by atoms with Crippen LogP contribution in [-0.2, 0) is 6.54 Å². The Morgan fingerprint density at radius 3 is 2.44 bits per heavy atom. The Kier molecular flexibility index (Phi) is 3.31. The molecule has 0 aliphatic heterocycles. The second-order valence-corrected chi connectivity index (χ2v) is 4.56. The summed E-state index contributed by atoms with van der Waals surface area (Å²) in [6.07, 6.45) is 0. The van der Waals surface area contributed by atoms with Crippen molar-refractivity contribution in [3.63, 3.8) is 0 Å². The zero-order chi connectivity index (χ0) is 11.5. The number of rotatable bonds is 3. The molecular formula is C12H11F2NS. The lowest BCUT2D eigenvalue weighted by molar-refractivity contribution is 0.590. The maximum absolute atomic E-state index is 13.5. The number of nitrogens with one attached hydrogen (secondary N) is 1. The van der Waals surface area contributed by atoms with Gasteiger partial charge < -0.3 is 5.32 Å². The Balaban J connectivity index is 2.42. The quantitative estimate of drug-likeness (QED) is 0.865. The van der Waals surface area contributed by atoms with Crippen molar-refractivity contribution in [1.82, 2.24) is 5.32 Å². The summed E-state index contributed by atoms with van der Waals surface area (Å²) in [5.74, 6) is -1.03. The summed E-state index contributed by atoms with van der Waals surface area (Å²) in [7, 11) is 1.84. The lowest BCUT2D eigenvalue weighted by Gasteiger charge is -2.01. The van der Waals surface area contributed by atoms with Gasteiger partial charge in [-0.3, -0.25) is 0 Å². The zero-order valence-corrected chi connectivity index (χ0v) is 9.57. The number of hydrogen-bond acceptors (Lipinski definition) is 2. The van der Waals surface area contributed by atoms with E-state index in [9.17, 15) is 8.78 Å². The van der Waals surface area contributed by atoms with E-state index in [1.807, 2.05) is 13.1 Å². The van der Waals surface area contributed by atoms with Gasteiger partial charge in [-0.1, -0.05) is 6.07 Å². The SMILES string of the molecule is CNCc1ccc(-c2c(F)cccc2F)s1. The molecule has 0 aliphatic carbocycles. The highest BCUT2D eigenvalue weighted by atomic mass is 32.1. The Labute approximate surface area is 96.7 Å². The molecule has 2 rings (SSSR count). The molecule has 0 aliphatic rings. The van der Waals surface area contributed by atoms with Gasteiger partial charge in [0.2, 0.25) is 0 Å². The van der Waals surface area contributed by atoms with Crippen molar-refractivity contribution >= 4 is 11.3 Å². The van der Waals surface area contributed by atoms with Gasteiger partial charge in [0.1, 0.15) is 11.6 Å². The summed E-state index contributed by atoms with van der Waals surface area (Å²) in [6.45, 7) is 0.709. The van der Waals surface area contributed by atoms with Crippen molar-refractivity contribution < 1.29 is 8.78 Å². The standard InChI is InChI=1S/C12H11F2NS/c1-15-7-8-5-6-11(16-8)12-9(13)3-2-4-10(12)14/h2-6,15H,7H2,1H3. The van der Waals surface area contributed by atoms with Crippen LogP contribution in [0.25, 0.3) is 10.4 Å². The van der Waals surface area contributed by atoms with Crippen molar-refractivity contribution in [2.45, 2.75) is 6.54 Å². The summed E-state index contributed by atoms with van der Waals surface area (Å²) in [6, 6.07) is 7.54. The highest BCUT2D eigenvalue weighted by Gasteiger charge is 2.12. The molecule has 1 heterocycles. The van der Waals surface area contributed by atoms with Crippen LogP contribution in [0.2, 0.25) is 0 Å². The molecule has 0 atom stereocenters. The van der Waals surface area contributed by atoms with Gasteiger partial charge in [-0.15, -0.1) is 11.3 Å². The molecule has 1 N–H and O–H groups in total. The van der Waals surface area contributed by atoms with E-state index >= 15 is 0 Å². The topological polar surface area (TPSA) is 12.0 Å². The molecule has 0 spiro atoms. The van der Waals surface area contributed by atoms with Gasteiger partial charge in [-0.05, 0) is 31.3 Å². The Hall–Kier alpha value is -1.26. The molecular weight excluding hydrogens is 228 g/mol. The fourth-order valence-corrected chi connectivity index (χ4v) is 2.58. The summed E-state index contributed by atoms with van der Waals surface area (Å²) >= 11 is 1.40. The third-order valence-corrected chi connectivity index (χ3v) is 3.32. The fourth-order valence-electron chi connectivity index (χ4n) is 1.51. The first kappa shape index (κ1) is 11.2. The second-order valence-electron chi connectivity index (χ2n) is 3.39. The third-order valence-electron chi connectivity index (χ3n) is 2.22. The molecule has 0 radical (unpaired) electrons. The summed E-state index contributed by atoms with van der Waals surface area (Å²) in [4.78, 5) is 1.68. The smallest absolute Gasteiger partial charge is 0.134 e. The molecule has 1 aromatic heterocycles. The molecule has 0 amide bonds. The molecule has 16 heavy (non-hydrogen) atoms. The maximum atomic E-state index is 13.5. The average Bonchev–Trinajstić information content (AvgIpc) is 2.67. The molecule has 1 aromatic carbocycles. The first-order valence-corrected chi connectivity index (χ1v) is 5.71. The Morgan fingerprint density at radius 1 is 1.12 bits per heavy atom. The normalized spacial score (nSPS) is 10.7. The molecule has 2 aromatic rings. The molecule has 84 valence electrons. The largest absolute Gasteiger partial charge is 0.315 e. The Morgan fingerprint density at radius 2 is 1.81 bits per heavy atom. The van der Waals surface area contributed by atoms with Gasteiger partial charge in [-0.2, -0.15) is 0 Å². The highest BCUT2D eigenvalue weighted by molar-refractivity contribution is 7.15. The van der Waals surface area contributed by atoms with E-state index in [1.165, 1.54) is 29.5 Å². The molecule has 0 saturated heterocycles. The van der Waals surface area contributed by atoms with Crippen molar-refractivity contribution in [2.24, 2.45) is 0 Å². The lowest BCUT2D eigenvalue weighted by atomic mass is 10.1. The van der Waals surface area contributed by atoms with Crippen molar-refractivity contribution in [1.29, 1.82) is 0 Å². The molecule has 0 bridgehead atoms. The predicted octanol–water partition coefficient (Wildman–Crippen LogP) is 3.41. The first-order valence-electron chi connectivity index (χ1n) is 4.90. The third kappa shape index (κ3) is 2.13. The fraction of sp³-hybridized carbons (Fsp3) is 0.167. The van der Waals surface area contributed by atoms with Crippen molar-refractivity contribution in [3.8, 4) is 10.4 Å². The van der Waals surface area contributed by atoms with Gasteiger partial charge in [-0.25, -0.2) is 8.78 Å². The van der Waals surface area contributed by atoms with Gasteiger partial charge >= 0.3 is 0 Å².